The van der Waals surface area contributed by atoms with Gasteiger partial charge in [-0.25, -0.2) is 0 Å². The Morgan fingerprint density at radius 2 is 2.43 bits per heavy atom. The zero-order valence-corrected chi connectivity index (χ0v) is 7.44. The maximum absolute atomic E-state index is 8.35. The Balaban J connectivity index is 2.31. The molecule has 0 unspecified atom stereocenters. The molecule has 2 aromatic heterocycles. The molecule has 0 atom stereocenters. The zero-order chi connectivity index (χ0) is 9.80. The van der Waals surface area contributed by atoms with Crippen LogP contribution in [0, 0.1) is 11.3 Å². The minimum Gasteiger partial charge on any atom is -0.276 e. The molecule has 0 aromatic carbocycles. The highest BCUT2D eigenvalue weighted by molar-refractivity contribution is 5.78. The van der Waals surface area contributed by atoms with E-state index in [2.05, 4.69) is 15.2 Å². The zero-order valence-electron chi connectivity index (χ0n) is 7.44. The standard InChI is InChI=1S/C10H8N4/c11-4-2-1-3-9-5-8-6-13-14-10(8)7-12-9/h1,3,5-7H,2H2,(H,13,14). The van der Waals surface area contributed by atoms with Gasteiger partial charge in [0.15, 0.2) is 0 Å². The summed E-state index contributed by atoms with van der Waals surface area (Å²) < 4.78 is 0. The van der Waals surface area contributed by atoms with Gasteiger partial charge in [-0.15, -0.1) is 0 Å². The van der Waals surface area contributed by atoms with E-state index in [9.17, 15) is 0 Å². The van der Waals surface area contributed by atoms with Crippen molar-refractivity contribution in [1.82, 2.24) is 15.2 Å². The van der Waals surface area contributed by atoms with Crippen LogP contribution in [0.25, 0.3) is 17.0 Å². The van der Waals surface area contributed by atoms with E-state index in [1.807, 2.05) is 18.2 Å². The van der Waals surface area contributed by atoms with Crippen LogP contribution in [0.4, 0.5) is 0 Å². The normalized spacial score (nSPS) is 10.8. The first-order valence-corrected chi connectivity index (χ1v) is 4.23. The van der Waals surface area contributed by atoms with Crippen molar-refractivity contribution in [3.8, 4) is 6.07 Å². The number of hydrogen-bond donors (Lipinski definition) is 1. The first-order chi connectivity index (χ1) is 6.90. The number of aromatic amines is 1. The van der Waals surface area contributed by atoms with Crippen LogP contribution in [0.2, 0.25) is 0 Å². The van der Waals surface area contributed by atoms with Gasteiger partial charge in [0.2, 0.25) is 0 Å². The average Bonchev–Trinajstić information content (AvgIpc) is 2.65. The van der Waals surface area contributed by atoms with E-state index in [1.165, 1.54) is 0 Å². The molecule has 0 amide bonds. The van der Waals surface area contributed by atoms with Crippen LogP contribution < -0.4 is 0 Å². The average molecular weight is 184 g/mol. The summed E-state index contributed by atoms with van der Waals surface area (Å²) in [5.74, 6) is 0. The molecule has 2 aromatic rings. The molecule has 0 bridgehead atoms. The van der Waals surface area contributed by atoms with Gasteiger partial charge in [-0.1, -0.05) is 6.08 Å². The molecule has 4 nitrogen and oxygen atoms in total. The van der Waals surface area contributed by atoms with Gasteiger partial charge < -0.3 is 0 Å². The van der Waals surface area contributed by atoms with Crippen molar-refractivity contribution in [1.29, 1.82) is 5.26 Å². The first-order valence-electron chi connectivity index (χ1n) is 4.23. The predicted molar refractivity (Wildman–Crippen MR) is 53.2 cm³/mol. The van der Waals surface area contributed by atoms with Crippen molar-refractivity contribution in [2.45, 2.75) is 6.42 Å². The quantitative estimate of drug-likeness (QED) is 0.774. The van der Waals surface area contributed by atoms with Crippen molar-refractivity contribution in [2.75, 3.05) is 0 Å². The first kappa shape index (κ1) is 8.45. The summed E-state index contributed by atoms with van der Waals surface area (Å²) in [7, 11) is 0. The smallest absolute Gasteiger partial charge is 0.0833 e. The molecule has 2 heterocycles. The number of hydrogen-bond acceptors (Lipinski definition) is 3. The Labute approximate surface area is 80.9 Å². The second kappa shape index (κ2) is 3.71. The van der Waals surface area contributed by atoms with Gasteiger partial charge in [0.1, 0.15) is 0 Å². The number of pyridine rings is 1. The van der Waals surface area contributed by atoms with Gasteiger partial charge in [0, 0.05) is 5.39 Å². The van der Waals surface area contributed by atoms with Gasteiger partial charge in [0.05, 0.1) is 36.1 Å². The van der Waals surface area contributed by atoms with Crippen LogP contribution in [-0.4, -0.2) is 15.2 Å². The lowest BCUT2D eigenvalue weighted by Crippen LogP contribution is -1.79. The van der Waals surface area contributed by atoms with Crippen LogP contribution in [0.5, 0.6) is 0 Å². The maximum atomic E-state index is 8.35. The molecule has 2 rings (SSSR count). The molecule has 0 aliphatic heterocycles. The second-order valence-electron chi connectivity index (χ2n) is 2.83. The molecule has 0 aliphatic carbocycles. The maximum Gasteiger partial charge on any atom is 0.0833 e. The van der Waals surface area contributed by atoms with Crippen molar-refractivity contribution in [2.24, 2.45) is 0 Å². The molecule has 4 heteroatoms. The van der Waals surface area contributed by atoms with Gasteiger partial charge >= 0.3 is 0 Å². The largest absolute Gasteiger partial charge is 0.276 e. The van der Waals surface area contributed by atoms with Gasteiger partial charge in [0.25, 0.3) is 0 Å². The fourth-order valence-electron chi connectivity index (χ4n) is 1.18. The van der Waals surface area contributed by atoms with Crippen LogP contribution in [0.3, 0.4) is 0 Å². The van der Waals surface area contributed by atoms with Crippen LogP contribution in [0.15, 0.2) is 24.5 Å². The Hall–Kier alpha value is -2.15. The molecule has 0 saturated heterocycles. The summed E-state index contributed by atoms with van der Waals surface area (Å²) in [6.07, 6.45) is 7.50. The monoisotopic (exact) mass is 184 g/mol. The molecular formula is C10H8N4. The van der Waals surface area contributed by atoms with E-state index in [-0.39, 0.29) is 0 Å². The summed E-state index contributed by atoms with van der Waals surface area (Å²) in [6, 6.07) is 3.96. The molecule has 14 heavy (non-hydrogen) atoms. The Morgan fingerprint density at radius 3 is 3.29 bits per heavy atom. The molecule has 0 spiro atoms. The number of fused-ring (bicyclic) bond motifs is 1. The van der Waals surface area contributed by atoms with E-state index in [1.54, 1.807) is 18.5 Å². The molecule has 0 saturated carbocycles. The van der Waals surface area contributed by atoms with Crippen molar-refractivity contribution in [3.63, 3.8) is 0 Å². The van der Waals surface area contributed by atoms with Crippen LogP contribution >= 0.6 is 0 Å². The lowest BCUT2D eigenvalue weighted by molar-refractivity contribution is 1.11. The lowest BCUT2D eigenvalue weighted by atomic mass is 10.2. The minimum absolute atomic E-state index is 0.408. The summed E-state index contributed by atoms with van der Waals surface area (Å²) in [4.78, 5) is 4.18. The minimum atomic E-state index is 0.408. The summed E-state index contributed by atoms with van der Waals surface area (Å²) in [6.45, 7) is 0. The van der Waals surface area contributed by atoms with Gasteiger partial charge in [-0.2, -0.15) is 10.4 Å². The van der Waals surface area contributed by atoms with Crippen molar-refractivity contribution < 1.29 is 0 Å². The van der Waals surface area contributed by atoms with E-state index < -0.39 is 0 Å². The van der Waals surface area contributed by atoms with Crippen molar-refractivity contribution >= 4 is 17.0 Å². The molecule has 68 valence electrons. The van der Waals surface area contributed by atoms with Gasteiger partial charge in [-0.3, -0.25) is 10.1 Å². The highest BCUT2D eigenvalue weighted by atomic mass is 15.1. The second-order valence-corrected chi connectivity index (χ2v) is 2.83. The lowest BCUT2D eigenvalue weighted by Gasteiger charge is -1.91. The number of H-pyrrole nitrogens is 1. The number of allylic oxidation sites excluding steroid dienone is 1. The molecule has 0 radical (unpaired) electrons. The van der Waals surface area contributed by atoms with Crippen LogP contribution in [0.1, 0.15) is 12.1 Å². The fraction of sp³-hybridized carbons (Fsp3) is 0.100. The fourth-order valence-corrected chi connectivity index (χ4v) is 1.18. The topological polar surface area (TPSA) is 65.4 Å². The van der Waals surface area contributed by atoms with E-state index in [4.69, 9.17) is 5.26 Å². The van der Waals surface area contributed by atoms with E-state index >= 15 is 0 Å². The number of nitrogens with one attached hydrogen (secondary N) is 1. The Bertz CT molecular complexity index is 504. The summed E-state index contributed by atoms with van der Waals surface area (Å²) >= 11 is 0. The Morgan fingerprint density at radius 1 is 1.50 bits per heavy atom. The molecule has 0 aliphatic rings. The molecule has 0 fully saturated rings. The highest BCUT2D eigenvalue weighted by Crippen LogP contribution is 2.10. The third-order valence-electron chi connectivity index (χ3n) is 1.84. The third-order valence-corrected chi connectivity index (χ3v) is 1.84. The highest BCUT2D eigenvalue weighted by Gasteiger charge is 1.95. The van der Waals surface area contributed by atoms with E-state index in [0.29, 0.717) is 6.42 Å². The molecule has 1 N–H and O–H groups in total. The Kier molecular flexibility index (Phi) is 2.24. The number of aromatic nitrogens is 3. The number of rotatable bonds is 2. The van der Waals surface area contributed by atoms with E-state index in [0.717, 1.165) is 16.6 Å². The molecular weight excluding hydrogens is 176 g/mol. The van der Waals surface area contributed by atoms with Gasteiger partial charge in [-0.05, 0) is 12.1 Å². The summed E-state index contributed by atoms with van der Waals surface area (Å²) in [5.41, 5.74) is 1.76. The predicted octanol–water partition coefficient (Wildman–Crippen LogP) is 1.88. The number of nitrogens with zero attached hydrogens (tertiary/aromatic N) is 3. The third kappa shape index (κ3) is 1.62. The van der Waals surface area contributed by atoms with Crippen LogP contribution in [-0.2, 0) is 0 Å². The number of nitriles is 1. The summed E-state index contributed by atoms with van der Waals surface area (Å²) in [5, 5.41) is 16.1. The SMILES string of the molecule is N#CCC=Cc1cc2cn[nH]c2cn1. The van der Waals surface area contributed by atoms with Crippen molar-refractivity contribution in [3.05, 3.63) is 30.2 Å².